The van der Waals surface area contributed by atoms with E-state index in [4.69, 9.17) is 5.26 Å². The molecule has 0 aromatic heterocycles. The van der Waals surface area contributed by atoms with E-state index < -0.39 is 0 Å². The van der Waals surface area contributed by atoms with Gasteiger partial charge < -0.3 is 0 Å². The summed E-state index contributed by atoms with van der Waals surface area (Å²) in [6.45, 7) is 2.02. The van der Waals surface area contributed by atoms with Crippen molar-refractivity contribution in [3.05, 3.63) is 47.5 Å². The van der Waals surface area contributed by atoms with Gasteiger partial charge in [0, 0.05) is 6.08 Å². The quantitative estimate of drug-likeness (QED) is 0.521. The van der Waals surface area contributed by atoms with Crippen LogP contribution in [-0.4, -0.2) is 0 Å². The van der Waals surface area contributed by atoms with E-state index in [0.717, 1.165) is 12.8 Å². The highest BCUT2D eigenvalue weighted by Crippen LogP contribution is 2.10. The van der Waals surface area contributed by atoms with Crippen LogP contribution in [0.2, 0.25) is 0 Å². The number of benzene rings is 1. The minimum atomic E-state index is 1.04. The number of unbranched alkanes of at least 4 members (excludes halogenated alkanes) is 1. The Labute approximate surface area is 92.1 Å². The lowest BCUT2D eigenvalue weighted by Crippen LogP contribution is -1.85. The van der Waals surface area contributed by atoms with Crippen LogP contribution >= 0.6 is 0 Å². The van der Waals surface area contributed by atoms with E-state index in [9.17, 15) is 0 Å². The molecule has 1 rings (SSSR count). The predicted octanol–water partition coefficient (Wildman–Crippen LogP) is 3.87. The zero-order valence-corrected chi connectivity index (χ0v) is 9.24. The monoisotopic (exact) mass is 199 g/mol. The van der Waals surface area contributed by atoms with Gasteiger partial charge in [-0.25, -0.2) is 0 Å². The van der Waals surface area contributed by atoms with Crippen molar-refractivity contribution in [2.24, 2.45) is 0 Å². The molecule has 0 bridgehead atoms. The van der Waals surface area contributed by atoms with Gasteiger partial charge in [0.15, 0.2) is 0 Å². The molecule has 1 aromatic rings. The molecule has 0 spiro atoms. The normalized spacial score (nSPS) is 11.1. The smallest absolute Gasteiger partial charge is 0.0911 e. The third-order valence-electron chi connectivity index (χ3n) is 2.44. The summed E-state index contributed by atoms with van der Waals surface area (Å²) in [4.78, 5) is 0. The van der Waals surface area contributed by atoms with Crippen LogP contribution in [0.5, 0.6) is 0 Å². The van der Waals surface area contributed by atoms with Crippen LogP contribution < -0.4 is 0 Å². The molecule has 0 radical (unpaired) electrons. The predicted molar refractivity (Wildman–Crippen MR) is 63.4 cm³/mol. The summed E-state index contributed by atoms with van der Waals surface area (Å²) < 4.78 is 0. The van der Waals surface area contributed by atoms with E-state index in [0.29, 0.717) is 0 Å². The van der Waals surface area contributed by atoms with Crippen LogP contribution in [0.4, 0.5) is 0 Å². The Kier molecular flexibility index (Phi) is 5.25. The molecular weight excluding hydrogens is 182 g/mol. The number of hydrogen-bond donors (Lipinski definition) is 0. The summed E-state index contributed by atoms with van der Waals surface area (Å²) in [5.41, 5.74) is 2.59. The van der Waals surface area contributed by atoms with Crippen LogP contribution in [0.3, 0.4) is 0 Å². The Morgan fingerprint density at radius 1 is 1.27 bits per heavy atom. The van der Waals surface area contributed by atoms with E-state index in [1.807, 2.05) is 13.0 Å². The molecule has 0 aliphatic rings. The molecule has 0 atom stereocenters. The number of allylic oxidation sites excluding steroid dienone is 2. The Hall–Kier alpha value is -1.55. The first kappa shape index (κ1) is 11.5. The summed E-state index contributed by atoms with van der Waals surface area (Å²) in [5, 5.41) is 8.44. The van der Waals surface area contributed by atoms with Gasteiger partial charge >= 0.3 is 0 Å². The van der Waals surface area contributed by atoms with E-state index >= 15 is 0 Å². The van der Waals surface area contributed by atoms with Gasteiger partial charge in [0.25, 0.3) is 0 Å². The number of nitrogens with zero attached hydrogens (tertiary/aromatic N) is 1. The Morgan fingerprint density at radius 3 is 2.67 bits per heavy atom. The Balaban J connectivity index is 2.18. The van der Waals surface area contributed by atoms with Gasteiger partial charge in [0.1, 0.15) is 0 Å². The molecule has 1 heteroatoms. The largest absolute Gasteiger partial charge is 0.193 e. The Morgan fingerprint density at radius 2 is 2.00 bits per heavy atom. The lowest BCUT2D eigenvalue weighted by Gasteiger charge is -2.01. The molecule has 0 saturated carbocycles. The number of hydrogen-bond acceptors (Lipinski definition) is 1. The molecule has 0 aliphatic carbocycles. The van der Waals surface area contributed by atoms with Gasteiger partial charge in [-0.3, -0.25) is 0 Å². The summed E-state index contributed by atoms with van der Waals surface area (Å²) >= 11 is 0. The lowest BCUT2D eigenvalue weighted by molar-refractivity contribution is 0.730. The number of aryl methyl sites for hydroxylation is 1. The number of rotatable bonds is 5. The maximum absolute atomic E-state index is 8.44. The van der Waals surface area contributed by atoms with Crippen molar-refractivity contribution < 1.29 is 0 Å². The summed E-state index contributed by atoms with van der Waals surface area (Å²) in [5.74, 6) is 0. The van der Waals surface area contributed by atoms with E-state index in [-0.39, 0.29) is 0 Å². The van der Waals surface area contributed by atoms with Crippen molar-refractivity contribution in [1.29, 1.82) is 5.26 Å². The number of nitriles is 1. The van der Waals surface area contributed by atoms with Crippen LogP contribution in [0.1, 0.15) is 31.7 Å². The summed E-state index contributed by atoms with van der Waals surface area (Å²) in [6.07, 6.45) is 6.18. The fraction of sp³-hybridized carbons (Fsp3) is 0.357. The zero-order valence-electron chi connectivity index (χ0n) is 9.24. The first-order valence-electron chi connectivity index (χ1n) is 5.42. The average Bonchev–Trinajstić information content (AvgIpc) is 2.26. The van der Waals surface area contributed by atoms with Crippen LogP contribution in [0, 0.1) is 11.3 Å². The van der Waals surface area contributed by atoms with Crippen molar-refractivity contribution in [1.82, 2.24) is 0 Å². The second-order valence-electron chi connectivity index (χ2n) is 3.81. The zero-order chi connectivity index (χ0) is 10.9. The minimum Gasteiger partial charge on any atom is -0.193 e. The molecule has 1 aromatic carbocycles. The second-order valence-corrected chi connectivity index (χ2v) is 3.81. The van der Waals surface area contributed by atoms with Gasteiger partial charge in [-0.05, 0) is 38.2 Å². The molecule has 1 nitrogen and oxygen atoms in total. The van der Waals surface area contributed by atoms with Crippen molar-refractivity contribution >= 4 is 0 Å². The topological polar surface area (TPSA) is 23.8 Å². The van der Waals surface area contributed by atoms with Crippen LogP contribution in [0.25, 0.3) is 0 Å². The molecule has 0 amide bonds. The van der Waals surface area contributed by atoms with E-state index in [1.165, 1.54) is 24.0 Å². The second kappa shape index (κ2) is 6.84. The third kappa shape index (κ3) is 5.02. The summed E-state index contributed by atoms with van der Waals surface area (Å²) in [6, 6.07) is 12.6. The standard InChI is InChI=1S/C14H17N/c1-13(11-12-15)7-5-6-10-14-8-3-2-4-9-14/h2-4,8-9,11H,5-7,10H2,1H3/b13-11+. The molecule has 15 heavy (non-hydrogen) atoms. The first-order valence-corrected chi connectivity index (χ1v) is 5.42. The van der Waals surface area contributed by atoms with Crippen LogP contribution in [0.15, 0.2) is 42.0 Å². The molecule has 0 fully saturated rings. The molecule has 78 valence electrons. The van der Waals surface area contributed by atoms with E-state index in [2.05, 4.69) is 30.3 Å². The molecule has 0 unspecified atom stereocenters. The van der Waals surface area contributed by atoms with Gasteiger partial charge in [0.05, 0.1) is 6.07 Å². The van der Waals surface area contributed by atoms with Crippen molar-refractivity contribution in [2.75, 3.05) is 0 Å². The van der Waals surface area contributed by atoms with Gasteiger partial charge in [-0.1, -0.05) is 35.9 Å². The fourth-order valence-electron chi connectivity index (χ4n) is 1.56. The van der Waals surface area contributed by atoms with E-state index in [1.54, 1.807) is 6.08 Å². The first-order chi connectivity index (χ1) is 7.33. The van der Waals surface area contributed by atoms with Crippen molar-refractivity contribution in [3.63, 3.8) is 0 Å². The van der Waals surface area contributed by atoms with Crippen molar-refractivity contribution in [2.45, 2.75) is 32.6 Å². The fourth-order valence-corrected chi connectivity index (χ4v) is 1.56. The van der Waals surface area contributed by atoms with Gasteiger partial charge in [-0.2, -0.15) is 5.26 Å². The average molecular weight is 199 g/mol. The van der Waals surface area contributed by atoms with Gasteiger partial charge in [0.2, 0.25) is 0 Å². The molecule has 0 N–H and O–H groups in total. The van der Waals surface area contributed by atoms with Gasteiger partial charge in [-0.15, -0.1) is 0 Å². The van der Waals surface area contributed by atoms with Crippen LogP contribution in [-0.2, 0) is 6.42 Å². The maximum atomic E-state index is 8.44. The highest BCUT2D eigenvalue weighted by atomic mass is 14.2. The summed E-state index contributed by atoms with van der Waals surface area (Å²) in [7, 11) is 0. The third-order valence-corrected chi connectivity index (χ3v) is 2.44. The molecule has 0 saturated heterocycles. The Bertz CT molecular complexity index is 343. The molecule has 0 aliphatic heterocycles. The van der Waals surface area contributed by atoms with Crippen molar-refractivity contribution in [3.8, 4) is 6.07 Å². The highest BCUT2D eigenvalue weighted by Gasteiger charge is 1.93. The molecule has 0 heterocycles. The highest BCUT2D eigenvalue weighted by molar-refractivity contribution is 5.15. The minimum absolute atomic E-state index is 1.04. The lowest BCUT2D eigenvalue weighted by atomic mass is 10.0. The molecular formula is C14H17N. The SMILES string of the molecule is C/C(=C\C#N)CCCCc1ccccc1. The maximum Gasteiger partial charge on any atom is 0.0911 e.